The molecule has 2 atom stereocenters. The minimum absolute atomic E-state index is 0.0937. The van der Waals surface area contributed by atoms with Crippen molar-refractivity contribution in [2.45, 2.75) is 37.4 Å². The molecule has 3 heterocycles. The number of hydrogen-bond acceptors (Lipinski definition) is 9. The van der Waals surface area contributed by atoms with Crippen molar-refractivity contribution in [2.75, 3.05) is 12.3 Å². The Balaban J connectivity index is 1.31. The number of hydrogen-bond donors (Lipinski definition) is 3. The zero-order chi connectivity index (χ0) is 27.9. The van der Waals surface area contributed by atoms with Crippen LogP contribution in [0.15, 0.2) is 66.5 Å². The van der Waals surface area contributed by atoms with Gasteiger partial charge in [0, 0.05) is 29.1 Å². The first-order chi connectivity index (χ1) is 19.3. The molecule has 1 aliphatic carbocycles. The number of carbonyl (C=O) groups is 1. The summed E-state index contributed by atoms with van der Waals surface area (Å²) in [5.41, 5.74) is 12.8. The van der Waals surface area contributed by atoms with Crippen LogP contribution in [0.3, 0.4) is 0 Å². The Morgan fingerprint density at radius 2 is 2.02 bits per heavy atom. The van der Waals surface area contributed by atoms with Gasteiger partial charge >= 0.3 is 0 Å². The Morgan fingerprint density at radius 3 is 2.75 bits per heavy atom. The van der Waals surface area contributed by atoms with E-state index >= 15 is 4.39 Å². The number of Topliss-reactive ketones (excluding diaryl/α,β-unsaturated/α-hetero) is 1. The second-order valence-electron chi connectivity index (χ2n) is 10.3. The zero-order valence-corrected chi connectivity index (χ0v) is 21.5. The first-order valence-corrected chi connectivity index (χ1v) is 13.0. The van der Waals surface area contributed by atoms with Gasteiger partial charge in [0.2, 0.25) is 0 Å². The van der Waals surface area contributed by atoms with E-state index in [-0.39, 0.29) is 41.0 Å². The minimum Gasteiger partial charge on any atom is -0.457 e. The van der Waals surface area contributed by atoms with E-state index in [0.717, 1.165) is 12.8 Å². The van der Waals surface area contributed by atoms with Crippen LogP contribution >= 0.6 is 0 Å². The van der Waals surface area contributed by atoms with E-state index in [4.69, 9.17) is 16.2 Å². The number of aromatic nitrogens is 4. The molecule has 0 amide bonds. The standard InChI is InChI=1S/C29H27FN8O2/c30-22-12-19(40-18-4-2-1-3-5-18)6-7-20(22)25-24-27(32)35-16-36-28(24)38(37-25)15-23-21(8-11-34-23)26(39)17(14-31)13-29(33)9-10-29/h1-7,12-13,16,21,23,34H,8-11,15,33H2,(H2,32,35,36)/b17-13-. The fourth-order valence-corrected chi connectivity index (χ4v) is 5.12. The van der Waals surface area contributed by atoms with Gasteiger partial charge in [-0.1, -0.05) is 18.2 Å². The molecule has 1 saturated carbocycles. The molecule has 5 N–H and O–H groups in total. The minimum atomic E-state index is -0.560. The van der Waals surface area contributed by atoms with Crippen LogP contribution in [0.25, 0.3) is 22.3 Å². The number of anilines is 1. The lowest BCUT2D eigenvalue weighted by Crippen LogP contribution is -2.36. The number of nitrogens with zero attached hydrogens (tertiary/aromatic N) is 5. The van der Waals surface area contributed by atoms with Gasteiger partial charge in [-0.15, -0.1) is 0 Å². The average molecular weight is 539 g/mol. The van der Waals surface area contributed by atoms with Crippen molar-refractivity contribution in [3.63, 3.8) is 0 Å². The van der Waals surface area contributed by atoms with Crippen LogP contribution in [-0.4, -0.2) is 43.7 Å². The molecule has 2 aromatic heterocycles. The highest BCUT2D eigenvalue weighted by atomic mass is 19.1. The van der Waals surface area contributed by atoms with E-state index in [1.807, 2.05) is 24.3 Å². The number of nitrogen functional groups attached to an aromatic ring is 1. The topological polar surface area (TPSA) is 158 Å². The van der Waals surface area contributed by atoms with Crippen molar-refractivity contribution >= 4 is 22.6 Å². The van der Waals surface area contributed by atoms with E-state index in [2.05, 4.69) is 20.4 Å². The number of nitrogens with two attached hydrogens (primary N) is 2. The van der Waals surface area contributed by atoms with Crippen molar-refractivity contribution < 1.29 is 13.9 Å². The molecule has 2 aromatic carbocycles. The van der Waals surface area contributed by atoms with Crippen molar-refractivity contribution in [2.24, 2.45) is 11.7 Å². The molecular weight excluding hydrogens is 511 g/mol. The summed E-state index contributed by atoms with van der Waals surface area (Å²) in [7, 11) is 0. The lowest BCUT2D eigenvalue weighted by molar-refractivity contribution is -0.119. The highest BCUT2D eigenvalue weighted by Gasteiger charge is 2.40. The number of benzene rings is 2. The third-order valence-corrected chi connectivity index (χ3v) is 7.43. The normalized spacial score (nSPS) is 19.9. The molecule has 2 aliphatic rings. The number of rotatable bonds is 8. The average Bonchev–Trinajstić information content (AvgIpc) is 3.32. The van der Waals surface area contributed by atoms with Gasteiger partial charge < -0.3 is 21.5 Å². The number of halogens is 1. The molecule has 11 heteroatoms. The van der Waals surface area contributed by atoms with E-state index in [1.54, 1.807) is 35.0 Å². The lowest BCUT2D eigenvalue weighted by atomic mass is 9.90. The Bertz CT molecular complexity index is 1670. The highest BCUT2D eigenvalue weighted by molar-refractivity contribution is 6.01. The molecule has 2 unspecified atom stereocenters. The fraction of sp³-hybridized carbons (Fsp3) is 0.276. The summed E-state index contributed by atoms with van der Waals surface area (Å²) in [5.74, 6) is -0.141. The van der Waals surface area contributed by atoms with E-state index in [0.29, 0.717) is 35.5 Å². The molecule has 4 aromatic rings. The van der Waals surface area contributed by atoms with E-state index < -0.39 is 17.3 Å². The molecule has 202 valence electrons. The van der Waals surface area contributed by atoms with Crippen LogP contribution in [0.5, 0.6) is 11.5 Å². The van der Waals surface area contributed by atoms with Gasteiger partial charge in [-0.25, -0.2) is 19.0 Å². The number of carbonyl (C=O) groups excluding carboxylic acids is 1. The first kappa shape index (κ1) is 25.6. The second kappa shape index (κ2) is 10.1. The van der Waals surface area contributed by atoms with Crippen LogP contribution in [0.2, 0.25) is 0 Å². The van der Waals surface area contributed by atoms with Gasteiger partial charge in [-0.2, -0.15) is 10.4 Å². The Labute approximate surface area is 229 Å². The summed E-state index contributed by atoms with van der Waals surface area (Å²) in [6, 6.07) is 15.3. The third-order valence-electron chi connectivity index (χ3n) is 7.43. The summed E-state index contributed by atoms with van der Waals surface area (Å²) < 4.78 is 22.8. The first-order valence-electron chi connectivity index (χ1n) is 13.0. The largest absolute Gasteiger partial charge is 0.457 e. The molecule has 1 saturated heterocycles. The van der Waals surface area contributed by atoms with Crippen LogP contribution in [0.1, 0.15) is 19.3 Å². The second-order valence-corrected chi connectivity index (χ2v) is 10.3. The number of para-hydroxylation sites is 1. The molecule has 0 bridgehead atoms. The van der Waals surface area contributed by atoms with Crippen LogP contribution in [-0.2, 0) is 11.3 Å². The SMILES string of the molecule is N#C/C(=C/C1(N)CC1)C(=O)C1CCNC1Cn1nc(-c2ccc(Oc3ccccc3)cc2F)c2c(N)ncnc21. The Kier molecular flexibility index (Phi) is 6.50. The Morgan fingerprint density at radius 1 is 1.23 bits per heavy atom. The molecule has 6 rings (SSSR count). The maximum absolute atomic E-state index is 15.4. The smallest absolute Gasteiger partial charge is 0.177 e. The summed E-state index contributed by atoms with van der Waals surface area (Å²) in [6.45, 7) is 0.862. The van der Waals surface area contributed by atoms with Gasteiger partial charge in [0.15, 0.2) is 11.4 Å². The quantitative estimate of drug-likeness (QED) is 0.225. The number of ketones is 1. The number of fused-ring (bicyclic) bond motifs is 1. The summed E-state index contributed by atoms with van der Waals surface area (Å²) >= 11 is 0. The maximum atomic E-state index is 15.4. The molecule has 0 radical (unpaired) electrons. The fourth-order valence-electron chi connectivity index (χ4n) is 5.12. The van der Waals surface area contributed by atoms with E-state index in [1.165, 1.54) is 12.4 Å². The van der Waals surface area contributed by atoms with Gasteiger partial charge in [0.1, 0.15) is 41.2 Å². The van der Waals surface area contributed by atoms with Crippen molar-refractivity contribution in [1.82, 2.24) is 25.1 Å². The van der Waals surface area contributed by atoms with Crippen LogP contribution < -0.4 is 21.5 Å². The van der Waals surface area contributed by atoms with Gasteiger partial charge in [-0.3, -0.25) is 4.79 Å². The molecule has 0 spiro atoms. The van der Waals surface area contributed by atoms with Crippen molar-refractivity contribution in [3.8, 4) is 28.8 Å². The molecule has 2 fully saturated rings. The highest BCUT2D eigenvalue weighted by Crippen LogP contribution is 2.36. The Hall–Kier alpha value is -4.66. The molecular formula is C29H27FN8O2. The number of allylic oxidation sites excluding steroid dienone is 1. The van der Waals surface area contributed by atoms with Crippen LogP contribution in [0.4, 0.5) is 10.2 Å². The molecule has 10 nitrogen and oxygen atoms in total. The summed E-state index contributed by atoms with van der Waals surface area (Å²) in [4.78, 5) is 21.8. The summed E-state index contributed by atoms with van der Waals surface area (Å²) in [6.07, 6.45) is 5.02. The molecule has 1 aliphatic heterocycles. The van der Waals surface area contributed by atoms with Crippen molar-refractivity contribution in [3.05, 3.63) is 72.3 Å². The van der Waals surface area contributed by atoms with E-state index in [9.17, 15) is 10.1 Å². The maximum Gasteiger partial charge on any atom is 0.177 e. The number of ether oxygens (including phenoxy) is 1. The van der Waals surface area contributed by atoms with Gasteiger partial charge in [0.05, 0.1) is 17.5 Å². The monoisotopic (exact) mass is 538 g/mol. The lowest BCUT2D eigenvalue weighted by Gasteiger charge is -2.19. The number of nitriles is 1. The van der Waals surface area contributed by atoms with Crippen LogP contribution in [0, 0.1) is 23.1 Å². The third kappa shape index (κ3) is 4.90. The van der Waals surface area contributed by atoms with Gasteiger partial charge in [0.25, 0.3) is 0 Å². The zero-order valence-electron chi connectivity index (χ0n) is 21.5. The molecule has 40 heavy (non-hydrogen) atoms. The predicted octanol–water partition coefficient (Wildman–Crippen LogP) is 3.50. The van der Waals surface area contributed by atoms with Gasteiger partial charge in [-0.05, 0) is 56.1 Å². The summed E-state index contributed by atoms with van der Waals surface area (Å²) in [5, 5.41) is 18.1. The van der Waals surface area contributed by atoms with Crippen molar-refractivity contribution in [1.29, 1.82) is 5.26 Å². The number of nitrogens with one attached hydrogen (secondary N) is 1. The predicted molar refractivity (Wildman–Crippen MR) is 146 cm³/mol.